The number of benzene rings is 1. The summed E-state index contributed by atoms with van der Waals surface area (Å²) < 4.78 is 1.77. The fourth-order valence-electron chi connectivity index (χ4n) is 2.60. The van der Waals surface area contributed by atoms with Gasteiger partial charge in [0.05, 0.1) is 23.5 Å². The zero-order valence-electron chi connectivity index (χ0n) is 12.7. The summed E-state index contributed by atoms with van der Waals surface area (Å²) >= 11 is 0. The number of aromatic nitrogens is 2. The van der Waals surface area contributed by atoms with E-state index in [4.69, 9.17) is 5.73 Å². The van der Waals surface area contributed by atoms with Crippen LogP contribution in [0, 0.1) is 11.3 Å². The molecule has 0 aliphatic heterocycles. The van der Waals surface area contributed by atoms with Crippen LogP contribution in [0.3, 0.4) is 0 Å². The molecule has 2 unspecified atom stereocenters. The lowest BCUT2D eigenvalue weighted by Crippen LogP contribution is -2.39. The molecule has 0 aliphatic rings. The molecule has 1 aromatic carbocycles. The van der Waals surface area contributed by atoms with Crippen LogP contribution in [0.4, 0.5) is 5.69 Å². The molecule has 110 valence electrons. The van der Waals surface area contributed by atoms with Crippen molar-refractivity contribution in [2.75, 3.05) is 11.9 Å². The second-order valence-corrected chi connectivity index (χ2v) is 5.20. The molecule has 21 heavy (non-hydrogen) atoms. The van der Waals surface area contributed by atoms with E-state index in [0.29, 0.717) is 5.56 Å². The van der Waals surface area contributed by atoms with Crippen molar-refractivity contribution in [2.24, 2.45) is 12.8 Å². The molecule has 0 spiro atoms. The second kappa shape index (κ2) is 6.42. The number of anilines is 1. The quantitative estimate of drug-likeness (QED) is 0.913. The van der Waals surface area contributed by atoms with Gasteiger partial charge < -0.3 is 10.6 Å². The summed E-state index contributed by atoms with van der Waals surface area (Å²) in [5, 5.41) is 13.5. The van der Waals surface area contributed by atoms with Crippen molar-refractivity contribution in [1.29, 1.82) is 5.26 Å². The van der Waals surface area contributed by atoms with Crippen LogP contribution < -0.4 is 10.6 Å². The third-order valence-corrected chi connectivity index (χ3v) is 3.77. The Morgan fingerprint density at radius 2 is 2.14 bits per heavy atom. The van der Waals surface area contributed by atoms with Gasteiger partial charge in [0.2, 0.25) is 0 Å². The second-order valence-electron chi connectivity index (χ2n) is 5.20. The number of nitrogens with two attached hydrogens (primary N) is 1. The molecule has 0 fully saturated rings. The molecule has 0 saturated heterocycles. The molecule has 0 amide bonds. The van der Waals surface area contributed by atoms with E-state index in [1.165, 1.54) is 0 Å². The van der Waals surface area contributed by atoms with Gasteiger partial charge >= 0.3 is 0 Å². The van der Waals surface area contributed by atoms with Crippen molar-refractivity contribution in [2.45, 2.75) is 25.4 Å². The van der Waals surface area contributed by atoms with Crippen molar-refractivity contribution in [3.05, 3.63) is 47.8 Å². The number of rotatable bonds is 5. The highest BCUT2D eigenvalue weighted by atomic mass is 15.3. The number of nitriles is 1. The molecule has 1 heterocycles. The van der Waals surface area contributed by atoms with Gasteiger partial charge in [-0.05, 0) is 18.6 Å². The molecule has 2 N–H and O–H groups in total. The zero-order chi connectivity index (χ0) is 15.4. The van der Waals surface area contributed by atoms with Crippen LogP contribution in [-0.2, 0) is 7.05 Å². The molecule has 0 aliphatic carbocycles. The Morgan fingerprint density at radius 3 is 2.71 bits per heavy atom. The molecule has 0 radical (unpaired) electrons. The lowest BCUT2D eigenvalue weighted by molar-refractivity contribution is 0.509. The van der Waals surface area contributed by atoms with Crippen molar-refractivity contribution >= 4 is 5.69 Å². The highest BCUT2D eigenvalue weighted by Crippen LogP contribution is 2.30. The molecule has 0 bridgehead atoms. The van der Waals surface area contributed by atoms with Gasteiger partial charge in [-0.3, -0.25) is 4.68 Å². The third-order valence-electron chi connectivity index (χ3n) is 3.77. The van der Waals surface area contributed by atoms with E-state index in [2.05, 4.69) is 23.0 Å². The number of aryl methyl sites for hydroxylation is 1. The summed E-state index contributed by atoms with van der Waals surface area (Å²) in [6.45, 7) is 2.07. The maximum absolute atomic E-state index is 9.30. The van der Waals surface area contributed by atoms with E-state index in [1.54, 1.807) is 4.68 Å². The van der Waals surface area contributed by atoms with Gasteiger partial charge in [0.1, 0.15) is 6.07 Å². The minimum absolute atomic E-state index is 0.0156. The summed E-state index contributed by atoms with van der Waals surface area (Å²) in [6, 6.07) is 9.77. The summed E-state index contributed by atoms with van der Waals surface area (Å²) in [5.41, 5.74) is 8.92. The SMILES string of the molecule is CCC(N)C(c1cnn(C)c1)N(C)c1ccccc1C#N. The van der Waals surface area contributed by atoms with Gasteiger partial charge in [0.15, 0.2) is 0 Å². The van der Waals surface area contributed by atoms with Gasteiger partial charge in [-0.2, -0.15) is 10.4 Å². The topological polar surface area (TPSA) is 70.9 Å². The molecule has 5 heteroatoms. The normalized spacial score (nSPS) is 13.5. The van der Waals surface area contributed by atoms with Crippen LogP contribution in [-0.4, -0.2) is 22.9 Å². The molecule has 2 atom stereocenters. The Morgan fingerprint density at radius 1 is 1.43 bits per heavy atom. The predicted molar refractivity (Wildman–Crippen MR) is 83.8 cm³/mol. The summed E-state index contributed by atoms with van der Waals surface area (Å²) in [5.74, 6) is 0. The molecular formula is C16H21N5. The minimum Gasteiger partial charge on any atom is -0.365 e. The van der Waals surface area contributed by atoms with E-state index in [-0.39, 0.29) is 12.1 Å². The fraction of sp³-hybridized carbons (Fsp3) is 0.375. The monoisotopic (exact) mass is 283 g/mol. The van der Waals surface area contributed by atoms with Crippen LogP contribution in [0.25, 0.3) is 0 Å². The Labute approximate surface area is 125 Å². The maximum Gasteiger partial charge on any atom is 0.101 e. The first-order chi connectivity index (χ1) is 10.1. The van der Waals surface area contributed by atoms with Crippen LogP contribution in [0.1, 0.15) is 30.5 Å². The van der Waals surface area contributed by atoms with Crippen molar-refractivity contribution in [3.8, 4) is 6.07 Å². The Hall–Kier alpha value is -2.32. The van der Waals surface area contributed by atoms with E-state index < -0.39 is 0 Å². The standard InChI is InChI=1S/C16H21N5/c1-4-14(18)16(13-10-19-20(2)11-13)21(3)15-8-6-5-7-12(15)9-17/h5-8,10-11,14,16H,4,18H2,1-3H3. The lowest BCUT2D eigenvalue weighted by atomic mass is 9.98. The predicted octanol–water partition coefficient (Wildman–Crippen LogP) is 2.21. The highest BCUT2D eigenvalue weighted by Gasteiger charge is 2.26. The van der Waals surface area contributed by atoms with Gasteiger partial charge in [-0.1, -0.05) is 19.1 Å². The van der Waals surface area contributed by atoms with Gasteiger partial charge in [0, 0.05) is 31.9 Å². The number of hydrogen-bond acceptors (Lipinski definition) is 4. The minimum atomic E-state index is -0.0362. The van der Waals surface area contributed by atoms with E-state index in [1.807, 2.05) is 50.8 Å². The number of para-hydroxylation sites is 1. The van der Waals surface area contributed by atoms with E-state index >= 15 is 0 Å². The molecule has 0 saturated carbocycles. The summed E-state index contributed by atoms with van der Waals surface area (Å²) in [4.78, 5) is 2.07. The largest absolute Gasteiger partial charge is 0.365 e. The Balaban J connectivity index is 2.44. The van der Waals surface area contributed by atoms with Crippen LogP contribution >= 0.6 is 0 Å². The number of hydrogen-bond donors (Lipinski definition) is 1. The van der Waals surface area contributed by atoms with Gasteiger partial charge in [0.25, 0.3) is 0 Å². The van der Waals surface area contributed by atoms with Gasteiger partial charge in [-0.25, -0.2) is 0 Å². The van der Waals surface area contributed by atoms with E-state index in [9.17, 15) is 5.26 Å². The summed E-state index contributed by atoms with van der Waals surface area (Å²) in [6.07, 6.45) is 4.66. The smallest absolute Gasteiger partial charge is 0.101 e. The van der Waals surface area contributed by atoms with Crippen LogP contribution in [0.2, 0.25) is 0 Å². The average Bonchev–Trinajstić information content (AvgIpc) is 2.93. The molecule has 2 rings (SSSR count). The highest BCUT2D eigenvalue weighted by molar-refractivity contribution is 5.60. The fourth-order valence-corrected chi connectivity index (χ4v) is 2.60. The first kappa shape index (κ1) is 15.1. The van der Waals surface area contributed by atoms with E-state index in [0.717, 1.165) is 17.7 Å². The van der Waals surface area contributed by atoms with Crippen LogP contribution in [0.15, 0.2) is 36.7 Å². The lowest BCUT2D eigenvalue weighted by Gasteiger charge is -2.34. The first-order valence-electron chi connectivity index (χ1n) is 7.04. The third kappa shape index (κ3) is 3.06. The summed E-state index contributed by atoms with van der Waals surface area (Å²) in [7, 11) is 3.87. The molecular weight excluding hydrogens is 262 g/mol. The number of nitrogens with zero attached hydrogens (tertiary/aromatic N) is 4. The number of likely N-dealkylation sites (N-methyl/N-ethyl adjacent to an activating group) is 1. The molecule has 2 aromatic rings. The molecule has 1 aromatic heterocycles. The average molecular weight is 283 g/mol. The Bertz CT molecular complexity index is 640. The van der Waals surface area contributed by atoms with Gasteiger partial charge in [-0.15, -0.1) is 0 Å². The zero-order valence-corrected chi connectivity index (χ0v) is 12.7. The molecule has 5 nitrogen and oxygen atoms in total. The maximum atomic E-state index is 9.30. The van der Waals surface area contributed by atoms with Crippen molar-refractivity contribution in [3.63, 3.8) is 0 Å². The Kier molecular flexibility index (Phi) is 4.61. The first-order valence-corrected chi connectivity index (χ1v) is 7.04. The van der Waals surface area contributed by atoms with Crippen LogP contribution in [0.5, 0.6) is 0 Å². The van der Waals surface area contributed by atoms with Crippen molar-refractivity contribution < 1.29 is 0 Å². The van der Waals surface area contributed by atoms with Crippen molar-refractivity contribution in [1.82, 2.24) is 9.78 Å².